The standard InChI is InChI=1S/C26H30N2O3S/c1-18-13-19(2)15-24(14-18)28(32(30,31)25-9-7-6-8-10-25)17-26(29)27-22(5)23-12-11-20(3)21(4)16-23/h6-16,22H,17H2,1-5H3,(H,27,29). The predicted molar refractivity (Wildman–Crippen MR) is 129 cm³/mol. The molecule has 0 fully saturated rings. The molecule has 0 radical (unpaired) electrons. The third-order valence-corrected chi connectivity index (χ3v) is 7.31. The summed E-state index contributed by atoms with van der Waals surface area (Å²) in [6.45, 7) is 9.47. The van der Waals surface area contributed by atoms with Crippen molar-refractivity contribution in [2.45, 2.75) is 45.6 Å². The first-order valence-corrected chi connectivity index (χ1v) is 12.0. The van der Waals surface area contributed by atoms with Gasteiger partial charge in [-0.3, -0.25) is 9.10 Å². The van der Waals surface area contributed by atoms with Crippen molar-refractivity contribution in [1.82, 2.24) is 5.32 Å². The highest BCUT2D eigenvalue weighted by molar-refractivity contribution is 7.92. The number of nitrogens with zero attached hydrogens (tertiary/aromatic N) is 1. The third-order valence-electron chi connectivity index (χ3n) is 5.52. The maximum atomic E-state index is 13.5. The molecular weight excluding hydrogens is 420 g/mol. The number of rotatable bonds is 7. The Morgan fingerprint density at radius 2 is 1.50 bits per heavy atom. The van der Waals surface area contributed by atoms with Crippen molar-refractivity contribution in [2.75, 3.05) is 10.8 Å². The van der Waals surface area contributed by atoms with Crippen LogP contribution in [0.25, 0.3) is 0 Å². The van der Waals surface area contributed by atoms with E-state index in [1.165, 1.54) is 9.87 Å². The fourth-order valence-electron chi connectivity index (χ4n) is 3.66. The molecule has 0 spiro atoms. The maximum Gasteiger partial charge on any atom is 0.264 e. The van der Waals surface area contributed by atoms with Crippen LogP contribution in [0.1, 0.15) is 40.8 Å². The Morgan fingerprint density at radius 3 is 2.09 bits per heavy atom. The Bertz CT molecular complexity index is 1200. The first-order valence-electron chi connectivity index (χ1n) is 10.6. The Labute approximate surface area is 191 Å². The lowest BCUT2D eigenvalue weighted by Crippen LogP contribution is -2.41. The van der Waals surface area contributed by atoms with Gasteiger partial charge in [-0.05, 0) is 86.7 Å². The van der Waals surface area contributed by atoms with E-state index in [1.54, 1.807) is 42.5 Å². The van der Waals surface area contributed by atoms with Crippen molar-refractivity contribution >= 4 is 21.6 Å². The minimum atomic E-state index is -3.92. The second-order valence-electron chi connectivity index (χ2n) is 8.30. The summed E-state index contributed by atoms with van der Waals surface area (Å²) < 4.78 is 28.1. The van der Waals surface area contributed by atoms with Gasteiger partial charge in [0.1, 0.15) is 6.54 Å². The highest BCUT2D eigenvalue weighted by Crippen LogP contribution is 2.26. The van der Waals surface area contributed by atoms with Crippen LogP contribution in [-0.4, -0.2) is 20.9 Å². The Kier molecular flexibility index (Phi) is 7.04. The van der Waals surface area contributed by atoms with Gasteiger partial charge in [0.05, 0.1) is 16.6 Å². The van der Waals surface area contributed by atoms with E-state index in [2.05, 4.69) is 5.32 Å². The maximum absolute atomic E-state index is 13.5. The van der Waals surface area contributed by atoms with E-state index in [9.17, 15) is 13.2 Å². The second-order valence-corrected chi connectivity index (χ2v) is 10.2. The highest BCUT2D eigenvalue weighted by Gasteiger charge is 2.28. The molecule has 0 bridgehead atoms. The molecule has 1 amide bonds. The monoisotopic (exact) mass is 450 g/mol. The number of carbonyl (C=O) groups excluding carboxylic acids is 1. The van der Waals surface area contributed by atoms with Crippen molar-refractivity contribution < 1.29 is 13.2 Å². The molecule has 1 atom stereocenters. The molecule has 32 heavy (non-hydrogen) atoms. The highest BCUT2D eigenvalue weighted by atomic mass is 32.2. The van der Waals surface area contributed by atoms with E-state index in [0.717, 1.165) is 22.3 Å². The molecule has 3 aromatic carbocycles. The minimum Gasteiger partial charge on any atom is -0.348 e. The van der Waals surface area contributed by atoms with Crippen LogP contribution in [0.15, 0.2) is 71.6 Å². The smallest absolute Gasteiger partial charge is 0.264 e. The summed E-state index contributed by atoms with van der Waals surface area (Å²) in [4.78, 5) is 13.1. The molecule has 0 aliphatic rings. The van der Waals surface area contributed by atoms with E-state index in [4.69, 9.17) is 0 Å². The fourth-order valence-corrected chi connectivity index (χ4v) is 5.09. The number of benzene rings is 3. The van der Waals surface area contributed by atoms with Gasteiger partial charge < -0.3 is 5.32 Å². The number of anilines is 1. The zero-order valence-corrected chi connectivity index (χ0v) is 20.0. The van der Waals surface area contributed by atoms with E-state index in [1.807, 2.05) is 58.9 Å². The van der Waals surface area contributed by atoms with Crippen molar-refractivity contribution in [3.8, 4) is 0 Å². The average Bonchev–Trinajstić information content (AvgIpc) is 2.73. The number of hydrogen-bond acceptors (Lipinski definition) is 3. The van der Waals surface area contributed by atoms with Crippen LogP contribution in [0.2, 0.25) is 0 Å². The van der Waals surface area contributed by atoms with Crippen LogP contribution in [0.3, 0.4) is 0 Å². The number of nitrogens with one attached hydrogen (secondary N) is 1. The van der Waals surface area contributed by atoms with Crippen molar-refractivity contribution in [2.24, 2.45) is 0 Å². The molecule has 5 nitrogen and oxygen atoms in total. The quantitative estimate of drug-likeness (QED) is 0.551. The molecule has 168 valence electrons. The van der Waals surface area contributed by atoms with E-state index in [-0.39, 0.29) is 23.4 Å². The van der Waals surface area contributed by atoms with Gasteiger partial charge in [0.2, 0.25) is 5.91 Å². The number of sulfonamides is 1. The average molecular weight is 451 g/mol. The van der Waals surface area contributed by atoms with Gasteiger partial charge in [0.25, 0.3) is 10.0 Å². The SMILES string of the molecule is Cc1cc(C)cc(N(CC(=O)NC(C)c2ccc(C)c(C)c2)S(=O)(=O)c2ccccc2)c1. The summed E-state index contributed by atoms with van der Waals surface area (Å²) in [5, 5.41) is 2.95. The zero-order chi connectivity index (χ0) is 23.5. The van der Waals surface area contributed by atoms with Gasteiger partial charge in [-0.2, -0.15) is 0 Å². The Morgan fingerprint density at radius 1 is 0.875 bits per heavy atom. The van der Waals surface area contributed by atoms with Crippen LogP contribution < -0.4 is 9.62 Å². The van der Waals surface area contributed by atoms with Crippen LogP contribution in [0, 0.1) is 27.7 Å². The Balaban J connectivity index is 1.91. The summed E-state index contributed by atoms with van der Waals surface area (Å²) in [6, 6.07) is 19.5. The molecule has 0 aromatic heterocycles. The molecule has 0 aliphatic carbocycles. The first kappa shape index (κ1) is 23.5. The van der Waals surface area contributed by atoms with Crippen molar-refractivity contribution in [1.29, 1.82) is 0 Å². The van der Waals surface area contributed by atoms with Gasteiger partial charge in [-0.1, -0.05) is 42.5 Å². The lowest BCUT2D eigenvalue weighted by Gasteiger charge is -2.26. The second kappa shape index (κ2) is 9.57. The largest absolute Gasteiger partial charge is 0.348 e. The lowest BCUT2D eigenvalue weighted by atomic mass is 10.0. The van der Waals surface area contributed by atoms with Gasteiger partial charge in [-0.15, -0.1) is 0 Å². The summed E-state index contributed by atoms with van der Waals surface area (Å²) in [5.74, 6) is -0.366. The number of carbonyl (C=O) groups is 1. The van der Waals surface area contributed by atoms with Gasteiger partial charge in [0.15, 0.2) is 0 Å². The summed E-state index contributed by atoms with van der Waals surface area (Å²) in [5.41, 5.74) is 5.63. The van der Waals surface area contributed by atoms with E-state index in [0.29, 0.717) is 5.69 Å². The molecular formula is C26H30N2O3S. The summed E-state index contributed by atoms with van der Waals surface area (Å²) in [6.07, 6.45) is 0. The van der Waals surface area contributed by atoms with E-state index >= 15 is 0 Å². The summed E-state index contributed by atoms with van der Waals surface area (Å²) in [7, 11) is -3.92. The topological polar surface area (TPSA) is 66.5 Å². The fraction of sp³-hybridized carbons (Fsp3) is 0.269. The molecule has 0 saturated carbocycles. The summed E-state index contributed by atoms with van der Waals surface area (Å²) >= 11 is 0. The normalized spacial score (nSPS) is 12.3. The number of amides is 1. The van der Waals surface area contributed by atoms with Crippen LogP contribution >= 0.6 is 0 Å². The molecule has 1 unspecified atom stereocenters. The van der Waals surface area contributed by atoms with Crippen molar-refractivity contribution in [3.63, 3.8) is 0 Å². The molecule has 3 rings (SSSR count). The molecule has 1 N–H and O–H groups in total. The van der Waals surface area contributed by atoms with Crippen LogP contribution in [0.4, 0.5) is 5.69 Å². The van der Waals surface area contributed by atoms with Crippen LogP contribution in [0.5, 0.6) is 0 Å². The van der Waals surface area contributed by atoms with Gasteiger partial charge >= 0.3 is 0 Å². The molecule has 6 heteroatoms. The van der Waals surface area contributed by atoms with E-state index < -0.39 is 10.0 Å². The number of aryl methyl sites for hydroxylation is 4. The lowest BCUT2D eigenvalue weighted by molar-refractivity contribution is -0.120. The number of hydrogen-bond donors (Lipinski definition) is 1. The van der Waals surface area contributed by atoms with Gasteiger partial charge in [-0.25, -0.2) is 8.42 Å². The molecule has 3 aromatic rings. The predicted octanol–water partition coefficient (Wildman–Crippen LogP) is 4.99. The zero-order valence-electron chi connectivity index (χ0n) is 19.2. The van der Waals surface area contributed by atoms with Gasteiger partial charge in [0, 0.05) is 0 Å². The molecule has 0 aliphatic heterocycles. The molecule has 0 saturated heterocycles. The van der Waals surface area contributed by atoms with Crippen molar-refractivity contribution in [3.05, 3.63) is 94.5 Å². The first-order chi connectivity index (χ1) is 15.1. The third kappa shape index (κ3) is 5.37. The minimum absolute atomic E-state index is 0.147. The molecule has 0 heterocycles. The Hall–Kier alpha value is -3.12. The van der Waals surface area contributed by atoms with Crippen LogP contribution in [-0.2, 0) is 14.8 Å².